The van der Waals surface area contributed by atoms with Crippen LogP contribution in [0.5, 0.6) is 11.5 Å². The lowest BCUT2D eigenvalue weighted by Gasteiger charge is -2.32. The summed E-state index contributed by atoms with van der Waals surface area (Å²) in [6.07, 6.45) is 1.91. The van der Waals surface area contributed by atoms with Gasteiger partial charge in [0.1, 0.15) is 0 Å². The zero-order valence-electron chi connectivity index (χ0n) is 15.0. The average Bonchev–Trinajstić information content (AvgIpc) is 3.16. The topological polar surface area (TPSA) is 67.9 Å². The van der Waals surface area contributed by atoms with Gasteiger partial charge in [-0.2, -0.15) is 0 Å². The Hall–Kier alpha value is -3.02. The van der Waals surface area contributed by atoms with Gasteiger partial charge in [-0.15, -0.1) is 0 Å². The molecule has 0 aliphatic carbocycles. The van der Waals surface area contributed by atoms with Gasteiger partial charge in [0.15, 0.2) is 11.5 Å². The fourth-order valence-electron chi connectivity index (χ4n) is 3.50. The largest absolute Gasteiger partial charge is 0.454 e. The van der Waals surface area contributed by atoms with Crippen molar-refractivity contribution in [3.05, 3.63) is 59.7 Å². The normalized spacial score (nSPS) is 16.2. The van der Waals surface area contributed by atoms with E-state index in [1.165, 1.54) is 0 Å². The molecular weight excluding hydrogens is 344 g/mol. The average molecular weight is 366 g/mol. The number of benzene rings is 2. The van der Waals surface area contributed by atoms with Crippen LogP contribution in [0.4, 0.5) is 0 Å². The molecule has 2 heterocycles. The zero-order chi connectivity index (χ0) is 18.6. The quantitative estimate of drug-likeness (QED) is 0.902. The van der Waals surface area contributed by atoms with Crippen LogP contribution >= 0.6 is 0 Å². The van der Waals surface area contributed by atoms with Gasteiger partial charge in [0, 0.05) is 24.7 Å². The van der Waals surface area contributed by atoms with Crippen molar-refractivity contribution in [3.63, 3.8) is 0 Å². The van der Waals surface area contributed by atoms with Crippen LogP contribution in [0.2, 0.25) is 0 Å². The van der Waals surface area contributed by atoms with E-state index in [2.05, 4.69) is 5.32 Å². The fraction of sp³-hybridized carbons (Fsp3) is 0.333. The predicted molar refractivity (Wildman–Crippen MR) is 99.8 cm³/mol. The fourth-order valence-corrected chi connectivity index (χ4v) is 3.50. The molecule has 2 aromatic carbocycles. The number of carbonyl (C=O) groups is 2. The van der Waals surface area contributed by atoms with Crippen LogP contribution in [0.1, 0.15) is 28.8 Å². The maximum absolute atomic E-state index is 12.7. The molecule has 0 aromatic heterocycles. The summed E-state index contributed by atoms with van der Waals surface area (Å²) in [5, 5.41) is 3.09. The van der Waals surface area contributed by atoms with Crippen molar-refractivity contribution in [3.8, 4) is 11.5 Å². The molecule has 2 aromatic rings. The number of rotatable bonds is 4. The van der Waals surface area contributed by atoms with Gasteiger partial charge < -0.3 is 19.7 Å². The molecule has 0 saturated carbocycles. The first-order valence-corrected chi connectivity index (χ1v) is 9.21. The third-order valence-electron chi connectivity index (χ3n) is 4.97. The lowest BCUT2D eigenvalue weighted by molar-refractivity contribution is -0.121. The van der Waals surface area contributed by atoms with Gasteiger partial charge in [-0.25, -0.2) is 0 Å². The first-order valence-electron chi connectivity index (χ1n) is 9.21. The molecule has 1 saturated heterocycles. The highest BCUT2D eigenvalue weighted by Gasteiger charge is 2.26. The van der Waals surface area contributed by atoms with Gasteiger partial charge in [0.2, 0.25) is 12.7 Å². The van der Waals surface area contributed by atoms with Crippen molar-refractivity contribution in [1.29, 1.82) is 0 Å². The standard InChI is InChI=1S/C21H22N2O4/c24-20(12-15-4-2-1-3-5-15)22-17-8-10-23(11-9-17)21(25)16-6-7-18-19(13-16)27-14-26-18/h1-7,13,17H,8-12,14H2,(H,22,24). The van der Waals surface area contributed by atoms with Gasteiger partial charge in [-0.3, -0.25) is 9.59 Å². The molecule has 1 N–H and O–H groups in total. The van der Waals surface area contributed by atoms with Gasteiger partial charge in [-0.05, 0) is 36.6 Å². The summed E-state index contributed by atoms with van der Waals surface area (Å²) in [5.41, 5.74) is 1.61. The van der Waals surface area contributed by atoms with Crippen molar-refractivity contribution in [1.82, 2.24) is 10.2 Å². The van der Waals surface area contributed by atoms with Crippen LogP contribution in [-0.4, -0.2) is 42.6 Å². The molecule has 27 heavy (non-hydrogen) atoms. The van der Waals surface area contributed by atoms with E-state index in [9.17, 15) is 9.59 Å². The molecule has 2 aliphatic rings. The van der Waals surface area contributed by atoms with E-state index in [0.717, 1.165) is 18.4 Å². The van der Waals surface area contributed by atoms with Gasteiger partial charge >= 0.3 is 0 Å². The molecule has 0 spiro atoms. The highest BCUT2D eigenvalue weighted by atomic mass is 16.7. The van der Waals surface area contributed by atoms with Gasteiger partial charge in [-0.1, -0.05) is 30.3 Å². The zero-order valence-corrected chi connectivity index (χ0v) is 15.0. The third-order valence-corrected chi connectivity index (χ3v) is 4.97. The van der Waals surface area contributed by atoms with Crippen LogP contribution in [0.3, 0.4) is 0 Å². The minimum Gasteiger partial charge on any atom is -0.454 e. The van der Waals surface area contributed by atoms with Crippen molar-refractivity contribution in [2.45, 2.75) is 25.3 Å². The van der Waals surface area contributed by atoms with Crippen molar-refractivity contribution in [2.75, 3.05) is 19.9 Å². The minimum absolute atomic E-state index is 0.0117. The van der Waals surface area contributed by atoms with Crippen molar-refractivity contribution in [2.24, 2.45) is 0 Å². The van der Waals surface area contributed by atoms with Gasteiger partial charge in [0.25, 0.3) is 5.91 Å². The van der Waals surface area contributed by atoms with E-state index < -0.39 is 0 Å². The first kappa shape index (κ1) is 17.4. The number of likely N-dealkylation sites (tertiary alicyclic amines) is 1. The summed E-state index contributed by atoms with van der Waals surface area (Å²) in [7, 11) is 0. The van der Waals surface area contributed by atoms with Crippen molar-refractivity contribution >= 4 is 11.8 Å². The second kappa shape index (κ2) is 7.70. The Labute approximate surface area is 158 Å². The molecule has 6 nitrogen and oxygen atoms in total. The molecule has 1 fully saturated rings. The molecule has 2 amide bonds. The SMILES string of the molecule is O=C(Cc1ccccc1)NC1CCN(C(=O)c2ccc3c(c2)OCO3)CC1. The summed E-state index contributed by atoms with van der Waals surface area (Å²) in [6.45, 7) is 1.45. The minimum atomic E-state index is -0.0117. The number of hydrogen-bond acceptors (Lipinski definition) is 4. The summed E-state index contributed by atoms with van der Waals surface area (Å²) < 4.78 is 10.6. The lowest BCUT2D eigenvalue weighted by atomic mass is 10.0. The molecule has 0 atom stereocenters. The molecule has 0 radical (unpaired) electrons. The maximum Gasteiger partial charge on any atom is 0.253 e. The van der Waals surface area contributed by atoms with E-state index in [-0.39, 0.29) is 24.6 Å². The third kappa shape index (κ3) is 4.05. The number of nitrogens with one attached hydrogen (secondary N) is 1. The summed E-state index contributed by atoms with van der Waals surface area (Å²) in [6, 6.07) is 15.1. The van der Waals surface area contributed by atoms with Crippen LogP contribution in [0.25, 0.3) is 0 Å². The van der Waals surface area contributed by atoms with Crippen molar-refractivity contribution < 1.29 is 19.1 Å². The molecule has 4 rings (SSSR count). The number of amides is 2. The number of ether oxygens (including phenoxy) is 2. The van der Waals surface area contributed by atoms with E-state index in [1.807, 2.05) is 35.2 Å². The van der Waals surface area contributed by atoms with E-state index >= 15 is 0 Å². The lowest BCUT2D eigenvalue weighted by Crippen LogP contribution is -2.46. The second-order valence-corrected chi connectivity index (χ2v) is 6.86. The van der Waals surface area contributed by atoms with Crippen LogP contribution in [-0.2, 0) is 11.2 Å². The Kier molecular flexibility index (Phi) is 4.96. The first-order chi connectivity index (χ1) is 13.2. The molecule has 0 unspecified atom stereocenters. The van der Waals surface area contributed by atoms with Crippen LogP contribution in [0.15, 0.2) is 48.5 Å². The molecular formula is C21H22N2O4. The Balaban J connectivity index is 1.28. The Morgan fingerprint density at radius 1 is 1.00 bits per heavy atom. The Morgan fingerprint density at radius 3 is 2.52 bits per heavy atom. The van der Waals surface area contributed by atoms with Crippen LogP contribution in [0, 0.1) is 0 Å². The van der Waals surface area contributed by atoms with Gasteiger partial charge in [0.05, 0.1) is 6.42 Å². The van der Waals surface area contributed by atoms with E-state index in [1.54, 1.807) is 18.2 Å². The number of carbonyl (C=O) groups excluding carboxylic acids is 2. The second-order valence-electron chi connectivity index (χ2n) is 6.86. The monoisotopic (exact) mass is 366 g/mol. The number of hydrogen-bond donors (Lipinski definition) is 1. The number of nitrogens with zero attached hydrogens (tertiary/aromatic N) is 1. The molecule has 140 valence electrons. The summed E-state index contributed by atoms with van der Waals surface area (Å²) in [4.78, 5) is 26.8. The van der Waals surface area contributed by atoms with E-state index in [0.29, 0.717) is 36.6 Å². The predicted octanol–water partition coefficient (Wildman–Crippen LogP) is 2.38. The molecule has 0 bridgehead atoms. The highest BCUT2D eigenvalue weighted by molar-refractivity contribution is 5.95. The number of piperidine rings is 1. The van der Waals surface area contributed by atoms with E-state index in [4.69, 9.17) is 9.47 Å². The smallest absolute Gasteiger partial charge is 0.253 e. The summed E-state index contributed by atoms with van der Waals surface area (Å²) >= 11 is 0. The molecule has 2 aliphatic heterocycles. The summed E-state index contributed by atoms with van der Waals surface area (Å²) in [5.74, 6) is 1.31. The highest BCUT2D eigenvalue weighted by Crippen LogP contribution is 2.33. The van der Waals surface area contributed by atoms with Crippen LogP contribution < -0.4 is 14.8 Å². The molecule has 6 heteroatoms. The maximum atomic E-state index is 12.7. The number of fused-ring (bicyclic) bond motifs is 1. The Morgan fingerprint density at radius 2 is 1.74 bits per heavy atom. The Bertz CT molecular complexity index is 829.